The topological polar surface area (TPSA) is 62.7 Å². The Kier molecular flexibility index (Phi) is 5.56. The highest BCUT2D eigenvalue weighted by atomic mass is 16.5. The lowest BCUT2D eigenvalue weighted by molar-refractivity contribution is -0.0211. The van der Waals surface area contributed by atoms with Crippen LogP contribution >= 0.6 is 0 Å². The number of methoxy groups -OCH3 is 1. The molecular formula is C28H26N2O3. The first-order valence-electron chi connectivity index (χ1n) is 11.2. The molecule has 1 N–H and O–H groups in total. The smallest absolute Gasteiger partial charge is 0.254 e. The molecule has 1 aliphatic rings. The van der Waals surface area contributed by atoms with Gasteiger partial charge in [-0.2, -0.15) is 0 Å². The SMILES string of the molecule is COc1cnccc1-c1cccc2c(C(=O)N3CCC(O)(c4ccccc4)CC3)cccc12. The summed E-state index contributed by atoms with van der Waals surface area (Å²) in [7, 11) is 1.63. The molecule has 1 aliphatic heterocycles. The monoisotopic (exact) mass is 438 g/mol. The molecule has 0 aliphatic carbocycles. The van der Waals surface area contributed by atoms with Gasteiger partial charge in [-0.05, 0) is 46.9 Å². The molecule has 2 heterocycles. The largest absolute Gasteiger partial charge is 0.494 e. The third kappa shape index (κ3) is 3.85. The number of aliphatic hydroxyl groups is 1. The molecule has 33 heavy (non-hydrogen) atoms. The van der Waals surface area contributed by atoms with Crippen LogP contribution in [0.3, 0.4) is 0 Å². The summed E-state index contributed by atoms with van der Waals surface area (Å²) in [5.74, 6) is 0.688. The number of aromatic nitrogens is 1. The van der Waals surface area contributed by atoms with E-state index in [0.717, 1.165) is 27.5 Å². The number of likely N-dealkylation sites (tertiary alicyclic amines) is 1. The Morgan fingerprint density at radius 1 is 0.909 bits per heavy atom. The molecule has 1 fully saturated rings. The summed E-state index contributed by atoms with van der Waals surface area (Å²) < 4.78 is 5.52. The van der Waals surface area contributed by atoms with Crippen molar-refractivity contribution in [3.63, 3.8) is 0 Å². The summed E-state index contributed by atoms with van der Waals surface area (Å²) in [6.45, 7) is 1.02. The maximum atomic E-state index is 13.5. The van der Waals surface area contributed by atoms with Crippen molar-refractivity contribution in [1.29, 1.82) is 0 Å². The Bertz CT molecular complexity index is 1300. The number of amides is 1. The molecule has 5 nitrogen and oxygen atoms in total. The summed E-state index contributed by atoms with van der Waals surface area (Å²) in [6, 6.07) is 23.5. The van der Waals surface area contributed by atoms with E-state index >= 15 is 0 Å². The molecule has 1 aromatic heterocycles. The molecule has 0 spiro atoms. The van der Waals surface area contributed by atoms with Crippen LogP contribution in [0.5, 0.6) is 5.75 Å². The van der Waals surface area contributed by atoms with E-state index in [1.807, 2.05) is 77.7 Å². The van der Waals surface area contributed by atoms with E-state index in [0.29, 0.717) is 37.2 Å². The Balaban J connectivity index is 1.46. The molecule has 5 heteroatoms. The lowest BCUT2D eigenvalue weighted by Gasteiger charge is -2.38. The third-order valence-corrected chi connectivity index (χ3v) is 6.64. The summed E-state index contributed by atoms with van der Waals surface area (Å²) in [5, 5.41) is 13.0. The molecule has 0 atom stereocenters. The average Bonchev–Trinajstić information content (AvgIpc) is 2.88. The van der Waals surface area contributed by atoms with E-state index < -0.39 is 5.60 Å². The van der Waals surface area contributed by atoms with Gasteiger partial charge < -0.3 is 14.7 Å². The van der Waals surface area contributed by atoms with Crippen LogP contribution in [0.4, 0.5) is 0 Å². The van der Waals surface area contributed by atoms with Crippen molar-refractivity contribution in [3.8, 4) is 16.9 Å². The van der Waals surface area contributed by atoms with E-state index in [-0.39, 0.29) is 5.91 Å². The zero-order valence-electron chi connectivity index (χ0n) is 18.6. The number of carbonyl (C=O) groups excluding carboxylic acids is 1. The first-order chi connectivity index (χ1) is 16.1. The molecule has 166 valence electrons. The molecule has 1 saturated heterocycles. The first-order valence-corrected chi connectivity index (χ1v) is 11.2. The number of rotatable bonds is 4. The second-order valence-corrected chi connectivity index (χ2v) is 8.47. The Morgan fingerprint density at radius 2 is 1.64 bits per heavy atom. The van der Waals surface area contributed by atoms with Crippen LogP contribution in [0, 0.1) is 0 Å². The number of ether oxygens (including phenoxy) is 1. The molecule has 0 saturated carbocycles. The molecule has 4 aromatic rings. The van der Waals surface area contributed by atoms with Gasteiger partial charge >= 0.3 is 0 Å². The van der Waals surface area contributed by atoms with E-state index in [1.165, 1.54) is 0 Å². The lowest BCUT2D eigenvalue weighted by Crippen LogP contribution is -2.45. The van der Waals surface area contributed by atoms with E-state index in [9.17, 15) is 9.90 Å². The van der Waals surface area contributed by atoms with Crippen LogP contribution in [0.15, 0.2) is 85.2 Å². The fraction of sp³-hybridized carbons (Fsp3) is 0.214. The van der Waals surface area contributed by atoms with E-state index in [2.05, 4.69) is 4.98 Å². The lowest BCUT2D eigenvalue weighted by atomic mass is 9.84. The summed E-state index contributed by atoms with van der Waals surface area (Å²) >= 11 is 0. The van der Waals surface area contributed by atoms with Gasteiger partial charge in [0, 0.05) is 30.4 Å². The predicted octanol–water partition coefficient (Wildman–Crippen LogP) is 5.03. The minimum atomic E-state index is -0.887. The van der Waals surface area contributed by atoms with E-state index in [4.69, 9.17) is 4.74 Å². The third-order valence-electron chi connectivity index (χ3n) is 6.64. The van der Waals surface area contributed by atoms with Crippen LogP contribution in [-0.2, 0) is 5.60 Å². The highest BCUT2D eigenvalue weighted by Gasteiger charge is 2.35. The number of hydrogen-bond donors (Lipinski definition) is 1. The maximum Gasteiger partial charge on any atom is 0.254 e. The molecular weight excluding hydrogens is 412 g/mol. The van der Waals surface area contributed by atoms with Crippen LogP contribution in [0.2, 0.25) is 0 Å². The van der Waals surface area contributed by atoms with Gasteiger partial charge in [0.15, 0.2) is 0 Å². The predicted molar refractivity (Wildman–Crippen MR) is 129 cm³/mol. The number of hydrogen-bond acceptors (Lipinski definition) is 4. The van der Waals surface area contributed by atoms with Crippen molar-refractivity contribution in [2.24, 2.45) is 0 Å². The van der Waals surface area contributed by atoms with Crippen molar-refractivity contribution in [2.75, 3.05) is 20.2 Å². The molecule has 0 radical (unpaired) electrons. The van der Waals surface area contributed by atoms with Crippen molar-refractivity contribution in [2.45, 2.75) is 18.4 Å². The molecule has 3 aromatic carbocycles. The zero-order valence-corrected chi connectivity index (χ0v) is 18.6. The first kappa shape index (κ1) is 21.2. The number of benzene rings is 3. The Morgan fingerprint density at radius 3 is 2.39 bits per heavy atom. The van der Waals surface area contributed by atoms with Crippen molar-refractivity contribution >= 4 is 16.7 Å². The summed E-state index contributed by atoms with van der Waals surface area (Å²) in [6.07, 6.45) is 4.48. The highest BCUT2D eigenvalue weighted by molar-refractivity contribution is 6.10. The van der Waals surface area contributed by atoms with Crippen molar-refractivity contribution < 1.29 is 14.6 Å². The number of fused-ring (bicyclic) bond motifs is 1. The minimum Gasteiger partial charge on any atom is -0.494 e. The van der Waals surface area contributed by atoms with Gasteiger partial charge in [0.2, 0.25) is 0 Å². The molecule has 1 amide bonds. The number of nitrogens with zero attached hydrogens (tertiary/aromatic N) is 2. The van der Waals surface area contributed by atoms with Crippen molar-refractivity contribution in [1.82, 2.24) is 9.88 Å². The van der Waals surface area contributed by atoms with Crippen molar-refractivity contribution in [3.05, 3.63) is 96.3 Å². The average molecular weight is 439 g/mol. The second kappa shape index (κ2) is 8.68. The Labute approximate surface area is 193 Å². The van der Waals surface area contributed by atoms with Crippen LogP contribution in [-0.4, -0.2) is 41.1 Å². The summed E-state index contributed by atoms with van der Waals surface area (Å²) in [5.41, 5.74) is 2.64. The molecule has 0 bridgehead atoms. The van der Waals surface area contributed by atoms with E-state index in [1.54, 1.807) is 19.5 Å². The fourth-order valence-electron chi connectivity index (χ4n) is 4.78. The number of piperidine rings is 1. The molecule has 0 unspecified atom stereocenters. The van der Waals surface area contributed by atoms with Gasteiger partial charge in [-0.1, -0.05) is 60.7 Å². The minimum absolute atomic E-state index is 0.00504. The van der Waals surface area contributed by atoms with Gasteiger partial charge in [-0.15, -0.1) is 0 Å². The second-order valence-electron chi connectivity index (χ2n) is 8.47. The fourth-order valence-corrected chi connectivity index (χ4v) is 4.78. The van der Waals surface area contributed by atoms with Gasteiger partial charge in [0.05, 0.1) is 18.9 Å². The van der Waals surface area contributed by atoms with Crippen LogP contribution in [0.1, 0.15) is 28.8 Å². The quantitative estimate of drug-likeness (QED) is 0.485. The summed E-state index contributed by atoms with van der Waals surface area (Å²) in [4.78, 5) is 19.6. The van der Waals surface area contributed by atoms with Crippen LogP contribution in [0.25, 0.3) is 21.9 Å². The number of carbonyl (C=O) groups is 1. The number of pyridine rings is 1. The Hall–Kier alpha value is -3.70. The molecule has 5 rings (SSSR count). The standard InChI is InChI=1S/C28H26N2O3/c1-33-26-19-29-16-13-24(26)22-10-5-11-23-21(22)9-6-12-25(23)27(31)30-17-14-28(32,15-18-30)20-7-3-2-4-8-20/h2-13,16,19,32H,14-15,17-18H2,1H3. The van der Waals surface area contributed by atoms with Gasteiger partial charge in [0.1, 0.15) is 5.75 Å². The zero-order chi connectivity index (χ0) is 22.8. The van der Waals surface area contributed by atoms with Crippen LogP contribution < -0.4 is 4.74 Å². The van der Waals surface area contributed by atoms with Gasteiger partial charge in [-0.25, -0.2) is 0 Å². The highest BCUT2D eigenvalue weighted by Crippen LogP contribution is 2.37. The van der Waals surface area contributed by atoms with Gasteiger partial charge in [0.25, 0.3) is 5.91 Å². The normalized spacial score (nSPS) is 15.4. The van der Waals surface area contributed by atoms with Gasteiger partial charge in [-0.3, -0.25) is 9.78 Å². The maximum absolute atomic E-state index is 13.5.